The second-order valence-corrected chi connectivity index (χ2v) is 8.92. The minimum absolute atomic E-state index is 0. The Balaban J connectivity index is 0.00000259. The van der Waals surface area contributed by atoms with Crippen LogP contribution in [0.3, 0.4) is 0 Å². The van der Waals surface area contributed by atoms with Crippen LogP contribution >= 0.6 is 24.0 Å². The highest BCUT2D eigenvalue weighted by atomic mass is 35.5. The van der Waals surface area contributed by atoms with Gasteiger partial charge in [-0.05, 0) is 66.4 Å². The third-order valence-corrected chi connectivity index (χ3v) is 6.82. The SMILES string of the molecule is COc1ccc(CCCN2CCN(c3ccc(Cl)cc3)CC2)c2c1OCc1ccccc1-2.Cl. The maximum Gasteiger partial charge on any atom is 0.169 e. The first-order valence-corrected chi connectivity index (χ1v) is 11.7. The van der Waals surface area contributed by atoms with Gasteiger partial charge in [-0.15, -0.1) is 12.4 Å². The molecule has 2 aliphatic rings. The van der Waals surface area contributed by atoms with Gasteiger partial charge in [0.2, 0.25) is 0 Å². The number of nitrogens with zero attached hydrogens (tertiary/aromatic N) is 2. The lowest BCUT2D eigenvalue weighted by atomic mass is 9.90. The molecule has 2 aliphatic heterocycles. The maximum atomic E-state index is 6.12. The quantitative estimate of drug-likeness (QED) is 0.422. The van der Waals surface area contributed by atoms with Crippen molar-refractivity contribution in [1.82, 2.24) is 4.90 Å². The summed E-state index contributed by atoms with van der Waals surface area (Å²) in [4.78, 5) is 5.02. The number of halogens is 2. The summed E-state index contributed by atoms with van der Waals surface area (Å²) in [7, 11) is 1.71. The van der Waals surface area contributed by atoms with Gasteiger partial charge in [-0.3, -0.25) is 4.90 Å². The number of methoxy groups -OCH3 is 1. The standard InChI is InChI=1S/C27H29ClN2O2.ClH/c1-31-25-13-8-20(26-24-7-3-2-5-21(24)19-32-27(25)26)6-4-14-29-15-17-30(18-16-29)23-11-9-22(28)10-12-23;/h2-3,5,7-13H,4,6,14-19H2,1H3;1H. The third kappa shape index (κ3) is 5.08. The summed E-state index contributed by atoms with van der Waals surface area (Å²) in [6.45, 7) is 6.00. The highest BCUT2D eigenvalue weighted by Gasteiger charge is 2.24. The first-order valence-electron chi connectivity index (χ1n) is 11.4. The summed E-state index contributed by atoms with van der Waals surface area (Å²) in [6.07, 6.45) is 2.16. The van der Waals surface area contributed by atoms with Crippen molar-refractivity contribution in [3.05, 3.63) is 76.8 Å². The molecule has 2 heterocycles. The van der Waals surface area contributed by atoms with E-state index in [1.54, 1.807) is 7.11 Å². The van der Waals surface area contributed by atoms with Gasteiger partial charge in [-0.2, -0.15) is 0 Å². The number of aryl methyl sites for hydroxylation is 1. The normalized spacial score (nSPS) is 15.2. The van der Waals surface area contributed by atoms with E-state index in [4.69, 9.17) is 21.1 Å². The molecule has 0 unspecified atom stereocenters. The van der Waals surface area contributed by atoms with Crippen LogP contribution in [-0.2, 0) is 13.0 Å². The van der Waals surface area contributed by atoms with Gasteiger partial charge in [0.05, 0.1) is 7.11 Å². The van der Waals surface area contributed by atoms with E-state index < -0.39 is 0 Å². The molecule has 1 saturated heterocycles. The zero-order valence-corrected chi connectivity index (χ0v) is 20.5. The van der Waals surface area contributed by atoms with Gasteiger partial charge >= 0.3 is 0 Å². The van der Waals surface area contributed by atoms with E-state index in [2.05, 4.69) is 52.3 Å². The van der Waals surface area contributed by atoms with Crippen LogP contribution < -0.4 is 14.4 Å². The lowest BCUT2D eigenvalue weighted by Gasteiger charge is -2.36. The summed E-state index contributed by atoms with van der Waals surface area (Å²) >= 11 is 6.03. The summed E-state index contributed by atoms with van der Waals surface area (Å²) in [5, 5.41) is 0.793. The molecule has 3 aromatic carbocycles. The molecule has 0 radical (unpaired) electrons. The minimum atomic E-state index is 0. The van der Waals surface area contributed by atoms with Crippen LogP contribution in [0.25, 0.3) is 11.1 Å². The second kappa shape index (κ2) is 10.7. The second-order valence-electron chi connectivity index (χ2n) is 8.49. The molecular formula is C27H30Cl2N2O2. The van der Waals surface area contributed by atoms with Crippen molar-refractivity contribution >= 4 is 29.7 Å². The Kier molecular flexibility index (Phi) is 7.69. The van der Waals surface area contributed by atoms with Crippen LogP contribution in [0.5, 0.6) is 11.5 Å². The van der Waals surface area contributed by atoms with Crippen LogP contribution in [0.1, 0.15) is 17.5 Å². The van der Waals surface area contributed by atoms with Crippen LogP contribution in [0.15, 0.2) is 60.7 Å². The summed E-state index contributed by atoms with van der Waals surface area (Å²) in [6, 6.07) is 21.0. The fourth-order valence-electron chi connectivity index (χ4n) is 4.83. The van der Waals surface area contributed by atoms with Crippen LogP contribution in [0.4, 0.5) is 5.69 Å². The van der Waals surface area contributed by atoms with Crippen molar-refractivity contribution in [2.75, 3.05) is 44.7 Å². The van der Waals surface area contributed by atoms with Crippen molar-refractivity contribution < 1.29 is 9.47 Å². The van der Waals surface area contributed by atoms with Gasteiger partial charge < -0.3 is 14.4 Å². The third-order valence-electron chi connectivity index (χ3n) is 6.57. The summed E-state index contributed by atoms with van der Waals surface area (Å²) < 4.78 is 11.7. The fraction of sp³-hybridized carbons (Fsp3) is 0.333. The molecule has 0 aromatic heterocycles. The van der Waals surface area contributed by atoms with Gasteiger partial charge in [0.15, 0.2) is 11.5 Å². The number of fused-ring (bicyclic) bond motifs is 3. The Morgan fingerprint density at radius 3 is 2.45 bits per heavy atom. The van der Waals surface area contributed by atoms with Gasteiger partial charge in [0.1, 0.15) is 6.61 Å². The van der Waals surface area contributed by atoms with E-state index >= 15 is 0 Å². The largest absolute Gasteiger partial charge is 0.493 e. The predicted molar refractivity (Wildman–Crippen MR) is 138 cm³/mol. The molecule has 0 bridgehead atoms. The Morgan fingerprint density at radius 1 is 0.939 bits per heavy atom. The topological polar surface area (TPSA) is 24.9 Å². The first kappa shape index (κ1) is 23.7. The van der Waals surface area contributed by atoms with Crippen molar-refractivity contribution in [3.8, 4) is 22.6 Å². The highest BCUT2D eigenvalue weighted by molar-refractivity contribution is 6.30. The van der Waals surface area contributed by atoms with Gasteiger partial charge in [-0.1, -0.05) is 41.9 Å². The monoisotopic (exact) mass is 484 g/mol. The average molecular weight is 485 g/mol. The molecule has 5 rings (SSSR count). The number of benzene rings is 3. The zero-order chi connectivity index (χ0) is 21.9. The molecule has 3 aromatic rings. The van der Waals surface area contributed by atoms with E-state index in [0.29, 0.717) is 6.61 Å². The highest BCUT2D eigenvalue weighted by Crippen LogP contribution is 2.45. The Labute approximate surface area is 207 Å². The van der Waals surface area contributed by atoms with Crippen molar-refractivity contribution in [2.45, 2.75) is 19.4 Å². The number of anilines is 1. The van der Waals surface area contributed by atoms with Gasteiger partial charge in [-0.25, -0.2) is 0 Å². The molecule has 0 spiro atoms. The van der Waals surface area contributed by atoms with Crippen molar-refractivity contribution in [3.63, 3.8) is 0 Å². The predicted octanol–water partition coefficient (Wildman–Crippen LogP) is 6.08. The molecule has 0 saturated carbocycles. The number of hydrogen-bond acceptors (Lipinski definition) is 4. The lowest BCUT2D eigenvalue weighted by Crippen LogP contribution is -2.46. The lowest BCUT2D eigenvalue weighted by molar-refractivity contribution is 0.255. The van der Waals surface area contributed by atoms with Gasteiger partial charge in [0.25, 0.3) is 0 Å². The molecule has 6 heteroatoms. The molecule has 33 heavy (non-hydrogen) atoms. The van der Waals surface area contributed by atoms with E-state index in [1.807, 2.05) is 18.2 Å². The van der Waals surface area contributed by atoms with Crippen molar-refractivity contribution in [2.24, 2.45) is 0 Å². The van der Waals surface area contributed by atoms with E-state index in [0.717, 1.165) is 62.1 Å². The molecule has 0 atom stereocenters. The molecule has 4 nitrogen and oxygen atoms in total. The van der Waals surface area contributed by atoms with E-state index in [9.17, 15) is 0 Å². The Hall–Kier alpha value is -2.40. The van der Waals surface area contributed by atoms with Crippen LogP contribution in [-0.4, -0.2) is 44.7 Å². The molecule has 174 valence electrons. The van der Waals surface area contributed by atoms with E-state index in [-0.39, 0.29) is 12.4 Å². The van der Waals surface area contributed by atoms with Crippen LogP contribution in [0, 0.1) is 0 Å². The molecule has 0 amide bonds. The summed E-state index contributed by atoms with van der Waals surface area (Å²) in [5.74, 6) is 1.71. The molecular weight excluding hydrogens is 455 g/mol. The zero-order valence-electron chi connectivity index (χ0n) is 18.9. The van der Waals surface area contributed by atoms with Crippen molar-refractivity contribution in [1.29, 1.82) is 0 Å². The Morgan fingerprint density at radius 2 is 1.70 bits per heavy atom. The first-order chi connectivity index (χ1) is 15.7. The van der Waals surface area contributed by atoms with Crippen LogP contribution in [0.2, 0.25) is 5.02 Å². The minimum Gasteiger partial charge on any atom is -0.493 e. The molecule has 0 aliphatic carbocycles. The fourth-order valence-corrected chi connectivity index (χ4v) is 4.95. The average Bonchev–Trinajstić information content (AvgIpc) is 2.85. The number of ether oxygens (including phenoxy) is 2. The summed E-state index contributed by atoms with van der Waals surface area (Å²) in [5.41, 5.74) is 6.33. The Bertz CT molecular complexity index is 1080. The molecule has 0 N–H and O–H groups in total. The van der Waals surface area contributed by atoms with E-state index in [1.165, 1.54) is 27.9 Å². The maximum absolute atomic E-state index is 6.12. The number of piperazine rings is 1. The smallest absolute Gasteiger partial charge is 0.169 e. The molecule has 1 fully saturated rings. The number of rotatable bonds is 6. The number of hydrogen-bond donors (Lipinski definition) is 0. The van der Waals surface area contributed by atoms with Gasteiger partial charge in [0, 0.05) is 42.5 Å².